The van der Waals surface area contributed by atoms with E-state index in [-0.39, 0.29) is 0 Å². The smallest absolute Gasteiger partial charge is 0.106 e. The molecule has 0 aromatic carbocycles. The van der Waals surface area contributed by atoms with Crippen LogP contribution in [0.4, 0.5) is 11.4 Å². The molecule has 2 aromatic heterocycles. The van der Waals surface area contributed by atoms with E-state index in [4.69, 9.17) is 0 Å². The quantitative estimate of drug-likeness (QED) is 0.861. The van der Waals surface area contributed by atoms with Crippen molar-refractivity contribution >= 4 is 27.3 Å². The van der Waals surface area contributed by atoms with E-state index in [1.165, 1.54) is 5.69 Å². The Kier molecular flexibility index (Phi) is 4.39. The lowest BCUT2D eigenvalue weighted by Gasteiger charge is -2.34. The summed E-state index contributed by atoms with van der Waals surface area (Å²) in [5.41, 5.74) is 3.45. The summed E-state index contributed by atoms with van der Waals surface area (Å²) >= 11 is 3.40. The number of hydrogen-bond acceptors (Lipinski definition) is 4. The predicted octanol–water partition coefficient (Wildman–Crippen LogP) is 3.63. The maximum absolute atomic E-state index is 4.44. The molecule has 0 bridgehead atoms. The molecule has 0 aliphatic carbocycles. The van der Waals surface area contributed by atoms with Gasteiger partial charge in [-0.2, -0.15) is 0 Å². The van der Waals surface area contributed by atoms with E-state index in [1.807, 2.05) is 25.4 Å². The topological polar surface area (TPSA) is 41.1 Å². The number of piperidine rings is 1. The zero-order valence-electron chi connectivity index (χ0n) is 12.1. The van der Waals surface area contributed by atoms with Gasteiger partial charge in [0.25, 0.3) is 0 Å². The third-order valence-corrected chi connectivity index (χ3v) is 4.38. The average molecular weight is 347 g/mol. The van der Waals surface area contributed by atoms with Gasteiger partial charge in [0, 0.05) is 37.2 Å². The molecule has 21 heavy (non-hydrogen) atoms. The normalized spacial score (nSPS) is 16.0. The minimum atomic E-state index is 0.518. The highest BCUT2D eigenvalue weighted by molar-refractivity contribution is 9.10. The zero-order chi connectivity index (χ0) is 14.7. The highest BCUT2D eigenvalue weighted by Gasteiger charge is 2.19. The number of nitrogens with zero attached hydrogens (tertiary/aromatic N) is 3. The fraction of sp³-hybridized carbons (Fsp3) is 0.375. The summed E-state index contributed by atoms with van der Waals surface area (Å²) in [5, 5.41) is 3.63. The first-order chi connectivity index (χ1) is 10.2. The lowest BCUT2D eigenvalue weighted by Crippen LogP contribution is -2.39. The van der Waals surface area contributed by atoms with Gasteiger partial charge < -0.3 is 10.2 Å². The Morgan fingerprint density at radius 1 is 1.14 bits per heavy atom. The standard InChI is InChI=1S/C16H19BrN4/c1-12-15(2-3-16(17)19-12)20-13-6-10-21(11-7-13)14-4-8-18-9-5-14/h2-5,8-9,13,20H,6-7,10-11H2,1H3. The van der Waals surface area contributed by atoms with Crippen LogP contribution in [0.3, 0.4) is 0 Å². The second-order valence-electron chi connectivity index (χ2n) is 5.38. The Labute approximate surface area is 133 Å². The largest absolute Gasteiger partial charge is 0.381 e. The summed E-state index contributed by atoms with van der Waals surface area (Å²) in [6.45, 7) is 4.19. The van der Waals surface area contributed by atoms with Gasteiger partial charge in [0.2, 0.25) is 0 Å². The molecule has 1 aliphatic rings. The number of nitrogens with one attached hydrogen (secondary N) is 1. The van der Waals surface area contributed by atoms with E-state index in [2.05, 4.69) is 54.3 Å². The minimum absolute atomic E-state index is 0.518. The summed E-state index contributed by atoms with van der Waals surface area (Å²) in [6, 6.07) is 8.76. The molecule has 0 saturated carbocycles. The molecule has 5 heteroatoms. The lowest BCUT2D eigenvalue weighted by atomic mass is 10.0. The van der Waals surface area contributed by atoms with E-state index < -0.39 is 0 Å². The maximum Gasteiger partial charge on any atom is 0.106 e. The van der Waals surface area contributed by atoms with Gasteiger partial charge in [-0.1, -0.05) is 0 Å². The van der Waals surface area contributed by atoms with Crippen LogP contribution in [0.1, 0.15) is 18.5 Å². The van der Waals surface area contributed by atoms with Crippen molar-refractivity contribution in [2.24, 2.45) is 0 Å². The Hall–Kier alpha value is -1.62. The van der Waals surface area contributed by atoms with Crippen molar-refractivity contribution < 1.29 is 0 Å². The van der Waals surface area contributed by atoms with Crippen LogP contribution < -0.4 is 10.2 Å². The second kappa shape index (κ2) is 6.43. The van der Waals surface area contributed by atoms with E-state index in [0.29, 0.717) is 6.04 Å². The van der Waals surface area contributed by atoms with E-state index in [9.17, 15) is 0 Å². The van der Waals surface area contributed by atoms with Crippen LogP contribution >= 0.6 is 15.9 Å². The number of aromatic nitrogens is 2. The third kappa shape index (κ3) is 3.53. The Balaban J connectivity index is 1.59. The molecule has 4 nitrogen and oxygen atoms in total. The molecular weight excluding hydrogens is 328 g/mol. The van der Waals surface area contributed by atoms with Crippen molar-refractivity contribution in [3.63, 3.8) is 0 Å². The molecule has 0 radical (unpaired) electrons. The molecule has 1 aliphatic heterocycles. The van der Waals surface area contributed by atoms with E-state index in [1.54, 1.807) is 0 Å². The first-order valence-corrected chi connectivity index (χ1v) is 8.06. The van der Waals surface area contributed by atoms with E-state index in [0.717, 1.165) is 41.9 Å². The lowest BCUT2D eigenvalue weighted by molar-refractivity contribution is 0.526. The first-order valence-electron chi connectivity index (χ1n) is 7.27. The van der Waals surface area contributed by atoms with Crippen molar-refractivity contribution in [1.29, 1.82) is 0 Å². The number of rotatable bonds is 3. The van der Waals surface area contributed by atoms with Crippen LogP contribution in [0.15, 0.2) is 41.3 Å². The van der Waals surface area contributed by atoms with Crippen LogP contribution in [-0.2, 0) is 0 Å². The highest BCUT2D eigenvalue weighted by Crippen LogP contribution is 2.23. The molecule has 1 fully saturated rings. The molecule has 3 rings (SSSR count). The molecule has 0 atom stereocenters. The van der Waals surface area contributed by atoms with Gasteiger partial charge in [0.05, 0.1) is 11.4 Å². The van der Waals surface area contributed by atoms with Gasteiger partial charge in [-0.05, 0) is 60.0 Å². The van der Waals surface area contributed by atoms with Gasteiger partial charge in [0.1, 0.15) is 4.60 Å². The number of pyridine rings is 2. The van der Waals surface area contributed by atoms with Gasteiger partial charge in [-0.3, -0.25) is 4.98 Å². The molecule has 0 amide bonds. The zero-order valence-corrected chi connectivity index (χ0v) is 13.7. The second-order valence-corrected chi connectivity index (χ2v) is 6.19. The van der Waals surface area contributed by atoms with Crippen molar-refractivity contribution in [2.75, 3.05) is 23.3 Å². The van der Waals surface area contributed by atoms with Gasteiger partial charge in [-0.15, -0.1) is 0 Å². The SMILES string of the molecule is Cc1nc(Br)ccc1NC1CCN(c2ccncc2)CC1. The number of anilines is 2. The van der Waals surface area contributed by atoms with Gasteiger partial charge in [0.15, 0.2) is 0 Å². The molecule has 0 unspecified atom stereocenters. The number of hydrogen-bond donors (Lipinski definition) is 1. The fourth-order valence-corrected chi connectivity index (χ4v) is 3.14. The van der Waals surface area contributed by atoms with Crippen LogP contribution in [0, 0.1) is 6.92 Å². The molecule has 110 valence electrons. The average Bonchev–Trinajstić information content (AvgIpc) is 2.52. The minimum Gasteiger partial charge on any atom is -0.381 e. The molecule has 1 N–H and O–H groups in total. The third-order valence-electron chi connectivity index (χ3n) is 3.93. The maximum atomic E-state index is 4.44. The van der Waals surface area contributed by atoms with Gasteiger partial charge in [-0.25, -0.2) is 4.98 Å². The van der Waals surface area contributed by atoms with Gasteiger partial charge >= 0.3 is 0 Å². The molecule has 1 saturated heterocycles. The fourth-order valence-electron chi connectivity index (χ4n) is 2.74. The van der Waals surface area contributed by atoms with E-state index >= 15 is 0 Å². The van der Waals surface area contributed by atoms with Crippen molar-refractivity contribution in [1.82, 2.24) is 9.97 Å². The molecule has 0 spiro atoms. The predicted molar refractivity (Wildman–Crippen MR) is 89.8 cm³/mol. The monoisotopic (exact) mass is 346 g/mol. The summed E-state index contributed by atoms with van der Waals surface area (Å²) < 4.78 is 0.887. The highest BCUT2D eigenvalue weighted by atomic mass is 79.9. The van der Waals surface area contributed by atoms with Crippen LogP contribution in [0.25, 0.3) is 0 Å². The van der Waals surface area contributed by atoms with Crippen molar-refractivity contribution in [3.8, 4) is 0 Å². The Bertz CT molecular complexity index is 594. The number of aryl methyl sites for hydroxylation is 1. The summed E-state index contributed by atoms with van der Waals surface area (Å²) in [6.07, 6.45) is 5.99. The summed E-state index contributed by atoms with van der Waals surface area (Å²) in [7, 11) is 0. The Morgan fingerprint density at radius 3 is 2.52 bits per heavy atom. The van der Waals surface area contributed by atoms with Crippen LogP contribution in [0.5, 0.6) is 0 Å². The molecular formula is C16H19BrN4. The Morgan fingerprint density at radius 2 is 1.86 bits per heavy atom. The summed E-state index contributed by atoms with van der Waals surface area (Å²) in [5.74, 6) is 0. The molecule has 2 aromatic rings. The van der Waals surface area contributed by atoms with Crippen molar-refractivity contribution in [2.45, 2.75) is 25.8 Å². The first kappa shape index (κ1) is 14.3. The van der Waals surface area contributed by atoms with Crippen LogP contribution in [-0.4, -0.2) is 29.1 Å². The number of halogens is 1. The molecule has 3 heterocycles. The van der Waals surface area contributed by atoms with Crippen molar-refractivity contribution in [3.05, 3.63) is 47.0 Å². The van der Waals surface area contributed by atoms with Crippen LogP contribution in [0.2, 0.25) is 0 Å². The summed E-state index contributed by atoms with van der Waals surface area (Å²) in [4.78, 5) is 10.9.